The molecule has 0 spiro atoms. The number of nitrogens with one attached hydrogen (secondary N) is 1. The quantitative estimate of drug-likeness (QED) is 0.548. The normalized spacial score (nSPS) is 9.96. The Kier molecular flexibility index (Phi) is 7.59. The van der Waals surface area contributed by atoms with Crippen LogP contribution in [0.3, 0.4) is 0 Å². The van der Waals surface area contributed by atoms with Crippen molar-refractivity contribution >= 4 is 28.8 Å². The van der Waals surface area contributed by atoms with Crippen LogP contribution in [0.4, 0.5) is 0 Å². The molecule has 3 nitrogen and oxygen atoms in total. The maximum atomic E-state index is 5.88. The molecule has 0 fully saturated rings. The number of aryl methyl sites for hydroxylation is 1. The van der Waals surface area contributed by atoms with E-state index in [1.807, 2.05) is 42.5 Å². The van der Waals surface area contributed by atoms with E-state index in [4.69, 9.17) is 39.7 Å². The van der Waals surface area contributed by atoms with Crippen molar-refractivity contribution < 1.29 is 9.47 Å². The van der Waals surface area contributed by atoms with E-state index in [1.54, 1.807) is 7.11 Å². The molecule has 0 aliphatic heterocycles. The number of hydrogen-bond donors (Lipinski definition) is 1. The van der Waals surface area contributed by atoms with Gasteiger partial charge in [0.05, 0.1) is 12.1 Å². The number of hydrogen-bond acceptors (Lipinski definition) is 3. The SMILES string of the molecule is C#CCOc1ccc(CCC(=S)NCc2ccc(Cl)cc2)cc1OC. The van der Waals surface area contributed by atoms with Gasteiger partial charge >= 0.3 is 0 Å². The average Bonchev–Trinajstić information content (AvgIpc) is 2.64. The highest BCUT2D eigenvalue weighted by atomic mass is 35.5. The minimum absolute atomic E-state index is 0.217. The number of rotatable bonds is 8. The first-order valence-electron chi connectivity index (χ1n) is 7.86. The average molecular weight is 374 g/mol. The van der Waals surface area contributed by atoms with Crippen LogP contribution in [0.25, 0.3) is 0 Å². The van der Waals surface area contributed by atoms with E-state index in [2.05, 4.69) is 11.2 Å². The Balaban J connectivity index is 1.84. The summed E-state index contributed by atoms with van der Waals surface area (Å²) in [6.07, 6.45) is 6.79. The molecule has 0 atom stereocenters. The van der Waals surface area contributed by atoms with Crippen LogP contribution in [-0.4, -0.2) is 18.7 Å². The van der Waals surface area contributed by atoms with Crippen molar-refractivity contribution in [2.24, 2.45) is 0 Å². The largest absolute Gasteiger partial charge is 0.493 e. The smallest absolute Gasteiger partial charge is 0.162 e. The summed E-state index contributed by atoms with van der Waals surface area (Å²) in [6, 6.07) is 13.5. The summed E-state index contributed by atoms with van der Waals surface area (Å²) in [5, 5.41) is 4.00. The molecule has 1 N–H and O–H groups in total. The van der Waals surface area contributed by atoms with Crippen molar-refractivity contribution in [1.82, 2.24) is 5.32 Å². The lowest BCUT2D eigenvalue weighted by atomic mass is 10.1. The lowest BCUT2D eigenvalue weighted by molar-refractivity contribution is 0.330. The first-order chi connectivity index (χ1) is 12.1. The van der Waals surface area contributed by atoms with Gasteiger partial charge in [0, 0.05) is 18.0 Å². The maximum Gasteiger partial charge on any atom is 0.162 e. The highest BCUT2D eigenvalue weighted by Gasteiger charge is 2.06. The zero-order chi connectivity index (χ0) is 18.1. The summed E-state index contributed by atoms with van der Waals surface area (Å²) in [5.41, 5.74) is 2.27. The molecule has 25 heavy (non-hydrogen) atoms. The number of methoxy groups -OCH3 is 1. The third-order valence-electron chi connectivity index (χ3n) is 3.58. The van der Waals surface area contributed by atoms with Gasteiger partial charge in [-0.05, 0) is 41.8 Å². The highest BCUT2D eigenvalue weighted by Crippen LogP contribution is 2.28. The summed E-state index contributed by atoms with van der Waals surface area (Å²) in [6.45, 7) is 0.909. The number of terminal acetylenes is 1. The topological polar surface area (TPSA) is 30.5 Å². The van der Waals surface area contributed by atoms with Crippen molar-refractivity contribution in [3.8, 4) is 23.8 Å². The summed E-state index contributed by atoms with van der Waals surface area (Å²) < 4.78 is 10.8. The Morgan fingerprint density at radius 3 is 2.56 bits per heavy atom. The molecule has 5 heteroatoms. The zero-order valence-electron chi connectivity index (χ0n) is 14.0. The zero-order valence-corrected chi connectivity index (χ0v) is 15.6. The first kappa shape index (κ1) is 19.1. The second kappa shape index (κ2) is 9.93. The fraction of sp³-hybridized carbons (Fsp3) is 0.250. The van der Waals surface area contributed by atoms with Gasteiger partial charge in [0.15, 0.2) is 11.5 Å². The molecule has 0 heterocycles. The molecule has 0 radical (unpaired) electrons. The Morgan fingerprint density at radius 1 is 1.16 bits per heavy atom. The predicted octanol–water partition coefficient (Wildman–Crippen LogP) is 4.41. The maximum absolute atomic E-state index is 5.88. The van der Waals surface area contributed by atoms with Gasteiger partial charge in [0.25, 0.3) is 0 Å². The van der Waals surface area contributed by atoms with Gasteiger partial charge in [-0.15, -0.1) is 6.42 Å². The number of benzene rings is 2. The fourth-order valence-electron chi connectivity index (χ4n) is 2.26. The molecule has 0 saturated heterocycles. The Hall–Kier alpha value is -2.22. The molecule has 0 unspecified atom stereocenters. The monoisotopic (exact) mass is 373 g/mol. The summed E-state index contributed by atoms with van der Waals surface area (Å²) >= 11 is 11.3. The van der Waals surface area contributed by atoms with E-state index in [9.17, 15) is 0 Å². The van der Waals surface area contributed by atoms with E-state index in [0.29, 0.717) is 18.0 Å². The van der Waals surface area contributed by atoms with Crippen LogP contribution < -0.4 is 14.8 Å². The van der Waals surface area contributed by atoms with Crippen LogP contribution in [-0.2, 0) is 13.0 Å². The van der Waals surface area contributed by atoms with E-state index in [-0.39, 0.29) is 6.61 Å². The van der Waals surface area contributed by atoms with E-state index in [0.717, 1.165) is 34.0 Å². The van der Waals surface area contributed by atoms with Gasteiger partial charge in [0.1, 0.15) is 6.61 Å². The predicted molar refractivity (Wildman–Crippen MR) is 107 cm³/mol. The summed E-state index contributed by atoms with van der Waals surface area (Å²) in [5.74, 6) is 3.76. The second-order valence-corrected chi connectivity index (χ2v) is 6.31. The van der Waals surface area contributed by atoms with Crippen molar-refractivity contribution in [2.75, 3.05) is 13.7 Å². The van der Waals surface area contributed by atoms with E-state index in [1.165, 1.54) is 0 Å². The highest BCUT2D eigenvalue weighted by molar-refractivity contribution is 7.80. The third kappa shape index (κ3) is 6.30. The Morgan fingerprint density at radius 2 is 1.88 bits per heavy atom. The number of ether oxygens (including phenoxy) is 2. The number of thiocarbonyl (C=S) groups is 1. The molecular formula is C20H20ClNO2S. The van der Waals surface area contributed by atoms with Crippen LogP contribution in [0.1, 0.15) is 17.5 Å². The summed E-state index contributed by atoms with van der Waals surface area (Å²) in [4.78, 5) is 0.821. The molecule has 2 rings (SSSR count). The number of halogens is 1. The standard InChI is InChI=1S/C20H20ClNO2S/c1-3-12-24-18-10-6-15(13-19(18)23-2)7-11-20(25)22-14-16-4-8-17(21)9-5-16/h1,4-6,8-10,13H,7,11-12,14H2,2H3,(H,22,25). The van der Waals surface area contributed by atoms with E-state index < -0.39 is 0 Å². The van der Waals surface area contributed by atoms with Crippen LogP contribution in [0.2, 0.25) is 5.02 Å². The molecule has 130 valence electrons. The molecule has 0 saturated carbocycles. The van der Waals surface area contributed by atoms with Gasteiger partial charge in [-0.3, -0.25) is 0 Å². The lowest BCUT2D eigenvalue weighted by Crippen LogP contribution is -2.21. The molecule has 2 aromatic carbocycles. The van der Waals surface area contributed by atoms with Crippen molar-refractivity contribution in [2.45, 2.75) is 19.4 Å². The van der Waals surface area contributed by atoms with Gasteiger partial charge in [-0.1, -0.05) is 47.9 Å². The Labute approximate surface area is 159 Å². The van der Waals surface area contributed by atoms with Crippen molar-refractivity contribution in [1.29, 1.82) is 0 Å². The molecular weight excluding hydrogens is 354 g/mol. The van der Waals surface area contributed by atoms with Crippen molar-refractivity contribution in [3.05, 3.63) is 58.6 Å². The first-order valence-corrected chi connectivity index (χ1v) is 8.65. The van der Waals surface area contributed by atoms with Gasteiger partial charge < -0.3 is 14.8 Å². The molecule has 0 aliphatic rings. The molecule has 2 aromatic rings. The molecule has 0 aliphatic carbocycles. The lowest BCUT2D eigenvalue weighted by Gasteiger charge is -2.11. The van der Waals surface area contributed by atoms with E-state index >= 15 is 0 Å². The van der Waals surface area contributed by atoms with Crippen LogP contribution >= 0.6 is 23.8 Å². The van der Waals surface area contributed by atoms with Crippen molar-refractivity contribution in [3.63, 3.8) is 0 Å². The minimum Gasteiger partial charge on any atom is -0.493 e. The Bertz CT molecular complexity index is 753. The van der Waals surface area contributed by atoms with Gasteiger partial charge in [0.2, 0.25) is 0 Å². The van der Waals surface area contributed by atoms with Crippen LogP contribution in [0.15, 0.2) is 42.5 Å². The summed E-state index contributed by atoms with van der Waals surface area (Å²) in [7, 11) is 1.61. The second-order valence-electron chi connectivity index (χ2n) is 5.38. The van der Waals surface area contributed by atoms with Crippen LogP contribution in [0.5, 0.6) is 11.5 Å². The van der Waals surface area contributed by atoms with Gasteiger partial charge in [-0.2, -0.15) is 0 Å². The molecule has 0 amide bonds. The van der Waals surface area contributed by atoms with Gasteiger partial charge in [-0.25, -0.2) is 0 Å². The van der Waals surface area contributed by atoms with Crippen LogP contribution in [0, 0.1) is 12.3 Å². The minimum atomic E-state index is 0.217. The molecule has 0 aromatic heterocycles. The molecule has 0 bridgehead atoms. The third-order valence-corrected chi connectivity index (χ3v) is 4.18. The fourth-order valence-corrected chi connectivity index (χ4v) is 2.56.